The SMILES string of the molecule is O=C(c1ccc(-c2ccccc2)[nH]c1=O)N1CCSCC1. The van der Waals surface area contributed by atoms with Crippen molar-refractivity contribution in [2.75, 3.05) is 24.6 Å². The van der Waals surface area contributed by atoms with Crippen molar-refractivity contribution < 1.29 is 4.79 Å². The van der Waals surface area contributed by atoms with E-state index in [-0.39, 0.29) is 17.0 Å². The van der Waals surface area contributed by atoms with Gasteiger partial charge in [0.2, 0.25) is 0 Å². The summed E-state index contributed by atoms with van der Waals surface area (Å²) >= 11 is 1.84. The smallest absolute Gasteiger partial charge is 0.261 e. The molecule has 1 saturated heterocycles. The summed E-state index contributed by atoms with van der Waals surface area (Å²) in [7, 11) is 0. The molecule has 1 fully saturated rings. The highest BCUT2D eigenvalue weighted by Crippen LogP contribution is 2.16. The molecule has 0 aliphatic carbocycles. The highest BCUT2D eigenvalue weighted by atomic mass is 32.2. The van der Waals surface area contributed by atoms with Crippen molar-refractivity contribution in [3.8, 4) is 11.3 Å². The van der Waals surface area contributed by atoms with Crippen LogP contribution in [-0.4, -0.2) is 40.4 Å². The number of aromatic nitrogens is 1. The van der Waals surface area contributed by atoms with Crippen LogP contribution < -0.4 is 5.56 Å². The Balaban J connectivity index is 1.88. The molecule has 1 aliphatic heterocycles. The van der Waals surface area contributed by atoms with Crippen LogP contribution in [0.25, 0.3) is 11.3 Å². The van der Waals surface area contributed by atoms with Gasteiger partial charge in [-0.3, -0.25) is 9.59 Å². The van der Waals surface area contributed by atoms with E-state index in [1.807, 2.05) is 42.1 Å². The second-order valence-corrected chi connectivity index (χ2v) is 6.11. The van der Waals surface area contributed by atoms with E-state index in [0.717, 1.165) is 22.8 Å². The highest BCUT2D eigenvalue weighted by Gasteiger charge is 2.20. The highest BCUT2D eigenvalue weighted by molar-refractivity contribution is 7.99. The predicted molar refractivity (Wildman–Crippen MR) is 85.7 cm³/mol. The number of amides is 1. The second kappa shape index (κ2) is 6.18. The third kappa shape index (κ3) is 3.03. The Morgan fingerprint density at radius 1 is 1.05 bits per heavy atom. The predicted octanol–water partition coefficient (Wildman–Crippen LogP) is 2.23. The van der Waals surface area contributed by atoms with Crippen LogP contribution in [-0.2, 0) is 0 Å². The molecule has 3 rings (SSSR count). The molecule has 1 aromatic carbocycles. The number of aromatic amines is 1. The van der Waals surface area contributed by atoms with Gasteiger partial charge in [-0.25, -0.2) is 0 Å². The van der Waals surface area contributed by atoms with Crippen molar-refractivity contribution in [3.05, 3.63) is 58.4 Å². The lowest BCUT2D eigenvalue weighted by atomic mass is 10.1. The van der Waals surface area contributed by atoms with E-state index in [1.165, 1.54) is 0 Å². The zero-order valence-electron chi connectivity index (χ0n) is 11.5. The normalized spacial score (nSPS) is 15.0. The Hall–Kier alpha value is -2.01. The monoisotopic (exact) mass is 300 g/mol. The first-order valence-electron chi connectivity index (χ1n) is 6.91. The van der Waals surface area contributed by atoms with Gasteiger partial charge in [0.05, 0.1) is 0 Å². The molecule has 1 N–H and O–H groups in total. The van der Waals surface area contributed by atoms with Gasteiger partial charge >= 0.3 is 0 Å². The number of benzene rings is 1. The van der Waals surface area contributed by atoms with Crippen LogP contribution in [0.4, 0.5) is 0 Å². The fourth-order valence-corrected chi connectivity index (χ4v) is 3.27. The van der Waals surface area contributed by atoms with Crippen molar-refractivity contribution in [2.45, 2.75) is 0 Å². The third-order valence-corrected chi connectivity index (χ3v) is 4.47. The summed E-state index contributed by atoms with van der Waals surface area (Å²) in [5, 5.41) is 0. The molecule has 0 atom stereocenters. The molecule has 2 heterocycles. The lowest BCUT2D eigenvalue weighted by molar-refractivity contribution is 0.0770. The van der Waals surface area contributed by atoms with Crippen molar-refractivity contribution >= 4 is 17.7 Å². The van der Waals surface area contributed by atoms with Gasteiger partial charge in [-0.2, -0.15) is 11.8 Å². The summed E-state index contributed by atoms with van der Waals surface area (Å²) in [5.41, 5.74) is 1.57. The molecule has 0 radical (unpaired) electrons. The van der Waals surface area contributed by atoms with Gasteiger partial charge in [0.25, 0.3) is 11.5 Å². The fourth-order valence-electron chi connectivity index (χ4n) is 2.36. The minimum absolute atomic E-state index is 0.170. The fraction of sp³-hybridized carbons (Fsp3) is 0.250. The first-order valence-corrected chi connectivity index (χ1v) is 8.07. The van der Waals surface area contributed by atoms with Crippen LogP contribution >= 0.6 is 11.8 Å². The number of nitrogens with zero attached hydrogens (tertiary/aromatic N) is 1. The molecule has 5 heteroatoms. The van der Waals surface area contributed by atoms with Gasteiger partial charge in [-0.15, -0.1) is 0 Å². The Bertz CT molecular complexity index is 691. The summed E-state index contributed by atoms with van der Waals surface area (Å²) in [6, 6.07) is 13.0. The van der Waals surface area contributed by atoms with Crippen molar-refractivity contribution in [1.82, 2.24) is 9.88 Å². The second-order valence-electron chi connectivity index (χ2n) is 4.89. The maximum absolute atomic E-state index is 12.4. The molecule has 0 unspecified atom stereocenters. The summed E-state index contributed by atoms with van der Waals surface area (Å²) in [6.45, 7) is 1.42. The molecule has 108 valence electrons. The number of carbonyl (C=O) groups excluding carboxylic acids is 1. The van der Waals surface area contributed by atoms with Gasteiger partial charge in [0.15, 0.2) is 0 Å². The van der Waals surface area contributed by atoms with Crippen molar-refractivity contribution in [1.29, 1.82) is 0 Å². The Labute approximate surface area is 127 Å². The lowest BCUT2D eigenvalue weighted by Gasteiger charge is -2.26. The van der Waals surface area contributed by atoms with Crippen LogP contribution in [0.1, 0.15) is 10.4 Å². The number of thioether (sulfide) groups is 1. The Morgan fingerprint density at radius 2 is 1.76 bits per heavy atom. The standard InChI is InChI=1S/C16H16N2O2S/c19-15-13(16(20)18-8-10-21-11-9-18)6-7-14(17-15)12-4-2-1-3-5-12/h1-7H,8-11H2,(H,17,19). The summed E-state index contributed by atoms with van der Waals surface area (Å²) in [5.74, 6) is 1.70. The van der Waals surface area contributed by atoms with E-state index in [9.17, 15) is 9.59 Å². The van der Waals surface area contributed by atoms with E-state index in [4.69, 9.17) is 0 Å². The van der Waals surface area contributed by atoms with Crippen molar-refractivity contribution in [2.24, 2.45) is 0 Å². The number of pyridine rings is 1. The van der Waals surface area contributed by atoms with Gasteiger partial charge in [0, 0.05) is 30.3 Å². The van der Waals surface area contributed by atoms with Gasteiger partial charge < -0.3 is 9.88 Å². The summed E-state index contributed by atoms with van der Waals surface area (Å²) < 4.78 is 0. The average Bonchev–Trinajstić information content (AvgIpc) is 2.56. The molecule has 0 spiro atoms. The molecule has 1 amide bonds. The molecule has 21 heavy (non-hydrogen) atoms. The number of carbonyl (C=O) groups is 1. The molecule has 0 bridgehead atoms. The maximum Gasteiger partial charge on any atom is 0.261 e. The number of rotatable bonds is 2. The molecule has 4 nitrogen and oxygen atoms in total. The van der Waals surface area contributed by atoms with E-state index < -0.39 is 0 Å². The summed E-state index contributed by atoms with van der Waals surface area (Å²) in [4.78, 5) is 29.1. The topological polar surface area (TPSA) is 53.2 Å². The Kier molecular flexibility index (Phi) is 4.10. The average molecular weight is 300 g/mol. The first-order chi connectivity index (χ1) is 10.3. The number of H-pyrrole nitrogens is 1. The molecule has 2 aromatic rings. The number of nitrogens with one attached hydrogen (secondary N) is 1. The zero-order valence-corrected chi connectivity index (χ0v) is 12.4. The van der Waals surface area contributed by atoms with Crippen LogP contribution in [0.15, 0.2) is 47.3 Å². The number of hydrogen-bond acceptors (Lipinski definition) is 3. The molecule has 0 saturated carbocycles. The summed E-state index contributed by atoms with van der Waals surface area (Å²) in [6.07, 6.45) is 0. The molecular weight excluding hydrogens is 284 g/mol. The van der Waals surface area contributed by atoms with E-state index >= 15 is 0 Å². The molecular formula is C16H16N2O2S. The first kappa shape index (κ1) is 13.9. The van der Waals surface area contributed by atoms with E-state index in [2.05, 4.69) is 4.98 Å². The van der Waals surface area contributed by atoms with E-state index in [1.54, 1.807) is 17.0 Å². The van der Waals surface area contributed by atoms with Crippen LogP contribution in [0.3, 0.4) is 0 Å². The zero-order chi connectivity index (χ0) is 14.7. The largest absolute Gasteiger partial charge is 0.337 e. The lowest BCUT2D eigenvalue weighted by Crippen LogP contribution is -2.40. The van der Waals surface area contributed by atoms with Crippen molar-refractivity contribution in [3.63, 3.8) is 0 Å². The minimum atomic E-state index is -0.320. The van der Waals surface area contributed by atoms with Gasteiger partial charge in [-0.05, 0) is 17.7 Å². The van der Waals surface area contributed by atoms with Crippen LogP contribution in [0.2, 0.25) is 0 Å². The quantitative estimate of drug-likeness (QED) is 0.925. The molecule has 1 aromatic heterocycles. The Morgan fingerprint density at radius 3 is 2.43 bits per heavy atom. The third-order valence-electron chi connectivity index (χ3n) is 3.52. The number of hydrogen-bond donors (Lipinski definition) is 1. The van der Waals surface area contributed by atoms with Crippen LogP contribution in [0, 0.1) is 0 Å². The van der Waals surface area contributed by atoms with Gasteiger partial charge in [-0.1, -0.05) is 30.3 Å². The van der Waals surface area contributed by atoms with E-state index in [0.29, 0.717) is 13.1 Å². The minimum Gasteiger partial charge on any atom is -0.337 e. The van der Waals surface area contributed by atoms with Crippen LogP contribution in [0.5, 0.6) is 0 Å². The maximum atomic E-state index is 12.4. The van der Waals surface area contributed by atoms with Gasteiger partial charge in [0.1, 0.15) is 5.56 Å². The molecule has 1 aliphatic rings.